The summed E-state index contributed by atoms with van der Waals surface area (Å²) >= 11 is 5.98. The lowest BCUT2D eigenvalue weighted by Crippen LogP contribution is -2.07. The maximum Gasteiger partial charge on any atom is 0.141 e. The van der Waals surface area contributed by atoms with Gasteiger partial charge in [-0.2, -0.15) is 5.10 Å². The third kappa shape index (κ3) is 1.88. The molecule has 0 saturated carbocycles. The summed E-state index contributed by atoms with van der Waals surface area (Å²) in [5.74, 6) is 0.502. The highest BCUT2D eigenvalue weighted by molar-refractivity contribution is 6.33. The van der Waals surface area contributed by atoms with Crippen molar-refractivity contribution < 1.29 is 0 Å². The molecule has 2 N–H and O–H groups in total. The van der Waals surface area contributed by atoms with Gasteiger partial charge in [0.2, 0.25) is 0 Å². The van der Waals surface area contributed by atoms with Crippen molar-refractivity contribution in [1.82, 2.24) is 14.8 Å². The van der Waals surface area contributed by atoms with Crippen molar-refractivity contribution in [1.29, 1.82) is 0 Å². The first-order valence-corrected chi connectivity index (χ1v) is 5.35. The number of hydrogen-bond donors (Lipinski definition) is 1. The van der Waals surface area contributed by atoms with Crippen molar-refractivity contribution in [3.8, 4) is 0 Å². The van der Waals surface area contributed by atoms with Crippen molar-refractivity contribution in [3.63, 3.8) is 0 Å². The zero-order valence-corrected chi connectivity index (χ0v) is 9.99. The standard InChI is InChI=1S/C11H13ClN4/c1-7-3-4-14-5-9(7)6-16-11(13)10(12)8(2)15-16/h3-5H,6,13H2,1-2H3. The molecular weight excluding hydrogens is 224 g/mol. The van der Waals surface area contributed by atoms with Crippen LogP contribution in [0.15, 0.2) is 18.5 Å². The molecule has 2 aromatic rings. The number of nitrogens with two attached hydrogens (primary N) is 1. The Morgan fingerprint density at radius 3 is 2.75 bits per heavy atom. The first-order chi connectivity index (χ1) is 7.59. The van der Waals surface area contributed by atoms with E-state index in [1.54, 1.807) is 10.9 Å². The van der Waals surface area contributed by atoms with E-state index in [4.69, 9.17) is 17.3 Å². The van der Waals surface area contributed by atoms with Gasteiger partial charge < -0.3 is 5.73 Å². The molecule has 5 heteroatoms. The van der Waals surface area contributed by atoms with Crippen LogP contribution in [0, 0.1) is 13.8 Å². The number of anilines is 1. The van der Waals surface area contributed by atoms with Gasteiger partial charge in [-0.05, 0) is 31.0 Å². The number of nitrogen functional groups attached to an aromatic ring is 1. The number of pyridine rings is 1. The van der Waals surface area contributed by atoms with E-state index in [0.29, 0.717) is 17.4 Å². The quantitative estimate of drug-likeness (QED) is 0.870. The van der Waals surface area contributed by atoms with Crippen LogP contribution in [-0.2, 0) is 6.54 Å². The minimum absolute atomic E-state index is 0.502. The molecule has 0 amide bonds. The molecule has 0 aliphatic rings. The van der Waals surface area contributed by atoms with E-state index in [1.165, 1.54) is 5.56 Å². The fraction of sp³-hybridized carbons (Fsp3) is 0.273. The van der Waals surface area contributed by atoms with Gasteiger partial charge in [-0.25, -0.2) is 4.68 Å². The van der Waals surface area contributed by atoms with Crippen LogP contribution in [0.4, 0.5) is 5.82 Å². The molecule has 0 radical (unpaired) electrons. The van der Waals surface area contributed by atoms with Crippen LogP contribution < -0.4 is 5.73 Å². The Morgan fingerprint density at radius 2 is 2.19 bits per heavy atom. The van der Waals surface area contributed by atoms with E-state index in [0.717, 1.165) is 11.3 Å². The molecule has 0 aliphatic carbocycles. The Bertz CT molecular complexity index is 519. The van der Waals surface area contributed by atoms with Crippen LogP contribution in [0.1, 0.15) is 16.8 Å². The van der Waals surface area contributed by atoms with Crippen LogP contribution in [0.3, 0.4) is 0 Å². The van der Waals surface area contributed by atoms with E-state index in [1.807, 2.05) is 26.1 Å². The van der Waals surface area contributed by atoms with Crippen molar-refractivity contribution in [2.45, 2.75) is 20.4 Å². The van der Waals surface area contributed by atoms with Crippen molar-refractivity contribution >= 4 is 17.4 Å². The van der Waals surface area contributed by atoms with Crippen molar-refractivity contribution in [2.24, 2.45) is 0 Å². The first-order valence-electron chi connectivity index (χ1n) is 4.97. The van der Waals surface area contributed by atoms with Gasteiger partial charge in [-0.15, -0.1) is 0 Å². The second kappa shape index (κ2) is 4.14. The molecule has 0 aliphatic heterocycles. The second-order valence-corrected chi connectivity index (χ2v) is 4.12. The Hall–Kier alpha value is -1.55. The van der Waals surface area contributed by atoms with Gasteiger partial charge in [0.1, 0.15) is 10.8 Å². The van der Waals surface area contributed by atoms with Crippen LogP contribution in [0.25, 0.3) is 0 Å². The molecule has 0 aromatic carbocycles. The third-order valence-corrected chi connectivity index (χ3v) is 3.03. The fourth-order valence-corrected chi connectivity index (χ4v) is 1.66. The third-order valence-electron chi connectivity index (χ3n) is 2.56. The molecule has 2 heterocycles. The highest BCUT2D eigenvalue weighted by atomic mass is 35.5. The SMILES string of the molecule is Cc1ccncc1Cn1nc(C)c(Cl)c1N. The average Bonchev–Trinajstić information content (AvgIpc) is 2.50. The van der Waals surface area contributed by atoms with Crippen LogP contribution in [-0.4, -0.2) is 14.8 Å². The zero-order valence-electron chi connectivity index (χ0n) is 9.24. The van der Waals surface area contributed by atoms with E-state index in [2.05, 4.69) is 10.1 Å². The molecule has 84 valence electrons. The minimum Gasteiger partial charge on any atom is -0.383 e. The maximum atomic E-state index is 5.98. The van der Waals surface area contributed by atoms with E-state index in [9.17, 15) is 0 Å². The lowest BCUT2D eigenvalue weighted by atomic mass is 10.2. The topological polar surface area (TPSA) is 56.7 Å². The van der Waals surface area contributed by atoms with Gasteiger partial charge in [-0.3, -0.25) is 4.98 Å². The lowest BCUT2D eigenvalue weighted by molar-refractivity contribution is 0.684. The van der Waals surface area contributed by atoms with E-state index in [-0.39, 0.29) is 0 Å². The molecule has 0 spiro atoms. The van der Waals surface area contributed by atoms with Gasteiger partial charge in [0.25, 0.3) is 0 Å². The highest BCUT2D eigenvalue weighted by Crippen LogP contribution is 2.23. The summed E-state index contributed by atoms with van der Waals surface area (Å²) in [6.45, 7) is 4.47. The normalized spacial score (nSPS) is 10.7. The number of aromatic nitrogens is 3. The Labute approximate surface area is 99.1 Å². The number of hydrogen-bond acceptors (Lipinski definition) is 3. The zero-order chi connectivity index (χ0) is 11.7. The van der Waals surface area contributed by atoms with Gasteiger partial charge in [-0.1, -0.05) is 11.6 Å². The lowest BCUT2D eigenvalue weighted by Gasteiger charge is -2.06. The maximum absolute atomic E-state index is 5.98. The fourth-order valence-electron chi connectivity index (χ4n) is 1.52. The second-order valence-electron chi connectivity index (χ2n) is 3.74. The van der Waals surface area contributed by atoms with Crippen LogP contribution >= 0.6 is 11.6 Å². The number of aryl methyl sites for hydroxylation is 2. The van der Waals surface area contributed by atoms with E-state index >= 15 is 0 Å². The van der Waals surface area contributed by atoms with Crippen LogP contribution in [0.5, 0.6) is 0 Å². The summed E-state index contributed by atoms with van der Waals surface area (Å²) < 4.78 is 1.70. The first kappa shape index (κ1) is 11.0. The van der Waals surface area contributed by atoms with Crippen molar-refractivity contribution in [2.75, 3.05) is 5.73 Å². The van der Waals surface area contributed by atoms with Gasteiger partial charge in [0.05, 0.1) is 12.2 Å². The van der Waals surface area contributed by atoms with Gasteiger partial charge >= 0.3 is 0 Å². The average molecular weight is 237 g/mol. The molecule has 0 fully saturated rings. The molecular formula is C11H13ClN4. The summed E-state index contributed by atoms with van der Waals surface area (Å²) in [4.78, 5) is 4.09. The smallest absolute Gasteiger partial charge is 0.141 e. The number of nitrogens with zero attached hydrogens (tertiary/aromatic N) is 3. The summed E-state index contributed by atoms with van der Waals surface area (Å²) in [6, 6.07) is 1.96. The summed E-state index contributed by atoms with van der Waals surface area (Å²) in [5, 5.41) is 4.81. The predicted molar refractivity (Wildman–Crippen MR) is 64.5 cm³/mol. The molecule has 0 bridgehead atoms. The molecule has 2 aromatic heterocycles. The molecule has 0 saturated heterocycles. The minimum atomic E-state index is 0.502. The van der Waals surface area contributed by atoms with Gasteiger partial charge in [0, 0.05) is 12.4 Å². The van der Waals surface area contributed by atoms with Crippen molar-refractivity contribution in [3.05, 3.63) is 40.3 Å². The number of halogens is 1. The predicted octanol–water partition coefficient (Wildman–Crippen LogP) is 2.18. The highest BCUT2D eigenvalue weighted by Gasteiger charge is 2.10. The molecule has 0 atom stereocenters. The Balaban J connectivity index is 2.34. The monoisotopic (exact) mass is 236 g/mol. The Kier molecular flexibility index (Phi) is 2.83. The summed E-state index contributed by atoms with van der Waals surface area (Å²) in [6.07, 6.45) is 3.59. The Morgan fingerprint density at radius 1 is 1.44 bits per heavy atom. The molecule has 16 heavy (non-hydrogen) atoms. The molecule has 0 unspecified atom stereocenters. The summed E-state index contributed by atoms with van der Waals surface area (Å²) in [7, 11) is 0. The molecule has 2 rings (SSSR count). The van der Waals surface area contributed by atoms with Gasteiger partial charge in [0.15, 0.2) is 0 Å². The molecule has 4 nitrogen and oxygen atoms in total. The van der Waals surface area contributed by atoms with Crippen LogP contribution in [0.2, 0.25) is 5.02 Å². The summed E-state index contributed by atoms with van der Waals surface area (Å²) in [5.41, 5.74) is 8.86. The largest absolute Gasteiger partial charge is 0.383 e. The van der Waals surface area contributed by atoms with E-state index < -0.39 is 0 Å². The number of rotatable bonds is 2.